The Morgan fingerprint density at radius 1 is 1.54 bits per heavy atom. The summed E-state index contributed by atoms with van der Waals surface area (Å²) >= 11 is 7.62. The SMILES string of the molecule is COc1cc(N)c(Cl)c2ccsc12. The highest BCUT2D eigenvalue weighted by Gasteiger charge is 2.09. The van der Waals surface area contributed by atoms with Gasteiger partial charge in [0.1, 0.15) is 5.75 Å². The molecule has 2 aromatic rings. The summed E-state index contributed by atoms with van der Waals surface area (Å²) in [7, 11) is 1.63. The number of fused-ring (bicyclic) bond motifs is 1. The van der Waals surface area contributed by atoms with Crippen LogP contribution < -0.4 is 10.5 Å². The average molecular weight is 214 g/mol. The van der Waals surface area contributed by atoms with Gasteiger partial charge in [-0.3, -0.25) is 0 Å². The first-order chi connectivity index (χ1) is 6.24. The third kappa shape index (κ3) is 1.24. The van der Waals surface area contributed by atoms with Crippen molar-refractivity contribution in [1.82, 2.24) is 0 Å². The molecule has 13 heavy (non-hydrogen) atoms. The Morgan fingerprint density at radius 2 is 2.31 bits per heavy atom. The van der Waals surface area contributed by atoms with Crippen molar-refractivity contribution in [1.29, 1.82) is 0 Å². The van der Waals surface area contributed by atoms with Crippen molar-refractivity contribution in [3.05, 3.63) is 22.5 Å². The maximum absolute atomic E-state index is 6.02. The predicted molar refractivity (Wildman–Crippen MR) is 57.8 cm³/mol. The first-order valence-electron chi connectivity index (χ1n) is 3.73. The number of methoxy groups -OCH3 is 1. The van der Waals surface area contributed by atoms with Crippen LogP contribution in [0.1, 0.15) is 0 Å². The van der Waals surface area contributed by atoms with Gasteiger partial charge in [-0.2, -0.15) is 0 Å². The molecule has 0 aliphatic heterocycles. The van der Waals surface area contributed by atoms with Crippen LogP contribution in [0, 0.1) is 0 Å². The number of halogens is 1. The zero-order valence-corrected chi connectivity index (χ0v) is 8.58. The van der Waals surface area contributed by atoms with Gasteiger partial charge in [0.2, 0.25) is 0 Å². The van der Waals surface area contributed by atoms with Gasteiger partial charge in [0.05, 0.1) is 22.5 Å². The second kappa shape index (κ2) is 3.09. The van der Waals surface area contributed by atoms with Gasteiger partial charge in [0.15, 0.2) is 0 Å². The molecular formula is C9H8ClNOS. The normalized spacial score (nSPS) is 10.6. The Balaban J connectivity index is 2.87. The summed E-state index contributed by atoms with van der Waals surface area (Å²) in [6, 6.07) is 3.70. The molecule has 68 valence electrons. The maximum atomic E-state index is 6.02. The Morgan fingerprint density at radius 3 is 3.00 bits per heavy atom. The minimum atomic E-state index is 0.560. The van der Waals surface area contributed by atoms with E-state index >= 15 is 0 Å². The van der Waals surface area contributed by atoms with E-state index in [9.17, 15) is 0 Å². The zero-order valence-electron chi connectivity index (χ0n) is 7.00. The molecule has 0 saturated carbocycles. The van der Waals surface area contributed by atoms with Crippen LogP contribution in [0.3, 0.4) is 0 Å². The molecule has 0 saturated heterocycles. The van der Waals surface area contributed by atoms with Gasteiger partial charge < -0.3 is 10.5 Å². The molecule has 0 bridgehead atoms. The molecule has 0 unspecified atom stereocenters. The van der Waals surface area contributed by atoms with E-state index in [2.05, 4.69) is 0 Å². The van der Waals surface area contributed by atoms with Gasteiger partial charge in [-0.05, 0) is 11.4 Å². The number of hydrogen-bond donors (Lipinski definition) is 1. The molecule has 0 atom stereocenters. The fourth-order valence-electron chi connectivity index (χ4n) is 1.25. The van der Waals surface area contributed by atoms with E-state index < -0.39 is 0 Å². The van der Waals surface area contributed by atoms with Crippen molar-refractivity contribution < 1.29 is 4.74 Å². The van der Waals surface area contributed by atoms with E-state index in [0.717, 1.165) is 15.8 Å². The number of benzene rings is 1. The molecule has 2 nitrogen and oxygen atoms in total. The van der Waals surface area contributed by atoms with E-state index in [4.69, 9.17) is 22.1 Å². The summed E-state index contributed by atoms with van der Waals surface area (Å²) in [5, 5.41) is 3.54. The van der Waals surface area contributed by atoms with E-state index in [1.54, 1.807) is 24.5 Å². The maximum Gasteiger partial charge on any atom is 0.138 e. The van der Waals surface area contributed by atoms with Gasteiger partial charge in [-0.25, -0.2) is 0 Å². The number of rotatable bonds is 1. The number of nitrogen functional groups attached to an aromatic ring is 1. The van der Waals surface area contributed by atoms with Gasteiger partial charge in [-0.1, -0.05) is 11.6 Å². The Bertz CT molecular complexity index is 452. The Labute approximate surface area is 84.9 Å². The summed E-state index contributed by atoms with van der Waals surface area (Å²) in [5.74, 6) is 0.784. The lowest BCUT2D eigenvalue weighted by molar-refractivity contribution is 0.420. The fourth-order valence-corrected chi connectivity index (χ4v) is 2.41. The number of hydrogen-bond acceptors (Lipinski definition) is 3. The molecule has 0 spiro atoms. The van der Waals surface area contributed by atoms with Gasteiger partial charge in [0.25, 0.3) is 0 Å². The lowest BCUT2D eigenvalue weighted by Gasteiger charge is -2.05. The van der Waals surface area contributed by atoms with Crippen LogP contribution in [-0.4, -0.2) is 7.11 Å². The molecule has 0 amide bonds. The molecule has 1 aromatic heterocycles. The fraction of sp³-hybridized carbons (Fsp3) is 0.111. The molecule has 1 heterocycles. The lowest BCUT2D eigenvalue weighted by Crippen LogP contribution is -1.89. The molecule has 0 aliphatic rings. The van der Waals surface area contributed by atoms with Crippen molar-refractivity contribution in [3.63, 3.8) is 0 Å². The molecule has 0 radical (unpaired) electrons. The average Bonchev–Trinajstić information content (AvgIpc) is 2.60. The molecule has 1 aromatic carbocycles. The summed E-state index contributed by atoms with van der Waals surface area (Å²) in [5.41, 5.74) is 6.27. The molecule has 0 aliphatic carbocycles. The monoisotopic (exact) mass is 213 g/mol. The van der Waals surface area contributed by atoms with Gasteiger partial charge >= 0.3 is 0 Å². The van der Waals surface area contributed by atoms with Crippen LogP contribution in [-0.2, 0) is 0 Å². The molecular weight excluding hydrogens is 206 g/mol. The highest BCUT2D eigenvalue weighted by Crippen LogP contribution is 2.39. The molecule has 2 rings (SSSR count). The standard InChI is InChI=1S/C9H8ClNOS/c1-12-7-4-6(11)8(10)5-2-3-13-9(5)7/h2-4H,11H2,1H3. The van der Waals surface area contributed by atoms with Gasteiger partial charge in [0, 0.05) is 11.5 Å². The first kappa shape index (κ1) is 8.66. The summed E-state index contributed by atoms with van der Waals surface area (Å²) in [4.78, 5) is 0. The van der Waals surface area contributed by atoms with E-state index in [1.807, 2.05) is 11.4 Å². The minimum Gasteiger partial charge on any atom is -0.495 e. The summed E-state index contributed by atoms with van der Waals surface area (Å²) in [6.45, 7) is 0. The van der Waals surface area contributed by atoms with Crippen molar-refractivity contribution in [2.45, 2.75) is 0 Å². The molecule has 4 heteroatoms. The van der Waals surface area contributed by atoms with Crippen LogP contribution >= 0.6 is 22.9 Å². The topological polar surface area (TPSA) is 35.2 Å². The van der Waals surface area contributed by atoms with E-state index in [-0.39, 0.29) is 0 Å². The largest absolute Gasteiger partial charge is 0.495 e. The smallest absolute Gasteiger partial charge is 0.138 e. The molecule has 0 fully saturated rings. The van der Waals surface area contributed by atoms with Crippen LogP contribution in [0.5, 0.6) is 5.75 Å². The highest BCUT2D eigenvalue weighted by atomic mass is 35.5. The van der Waals surface area contributed by atoms with Crippen molar-refractivity contribution in [2.24, 2.45) is 0 Å². The Hall–Kier alpha value is -0.930. The zero-order chi connectivity index (χ0) is 9.42. The van der Waals surface area contributed by atoms with Crippen LogP contribution in [0.25, 0.3) is 10.1 Å². The lowest BCUT2D eigenvalue weighted by atomic mass is 10.2. The first-order valence-corrected chi connectivity index (χ1v) is 4.99. The summed E-state index contributed by atoms with van der Waals surface area (Å²) < 4.78 is 6.24. The second-order valence-corrected chi connectivity index (χ2v) is 3.94. The highest BCUT2D eigenvalue weighted by molar-refractivity contribution is 7.17. The number of thiophene rings is 1. The predicted octanol–water partition coefficient (Wildman–Crippen LogP) is 3.15. The number of anilines is 1. The van der Waals surface area contributed by atoms with Crippen LogP contribution in [0.15, 0.2) is 17.5 Å². The summed E-state index contributed by atoms with van der Waals surface area (Å²) in [6.07, 6.45) is 0. The van der Waals surface area contributed by atoms with Crippen molar-refractivity contribution in [2.75, 3.05) is 12.8 Å². The second-order valence-electron chi connectivity index (χ2n) is 2.65. The number of ether oxygens (including phenoxy) is 1. The van der Waals surface area contributed by atoms with Crippen molar-refractivity contribution >= 4 is 38.7 Å². The van der Waals surface area contributed by atoms with Gasteiger partial charge in [-0.15, -0.1) is 11.3 Å². The van der Waals surface area contributed by atoms with Crippen LogP contribution in [0.2, 0.25) is 5.02 Å². The quantitative estimate of drug-likeness (QED) is 0.739. The third-order valence-electron chi connectivity index (χ3n) is 1.89. The number of nitrogens with two attached hydrogens (primary N) is 1. The van der Waals surface area contributed by atoms with Crippen LogP contribution in [0.4, 0.5) is 5.69 Å². The van der Waals surface area contributed by atoms with Crippen molar-refractivity contribution in [3.8, 4) is 5.75 Å². The Kier molecular flexibility index (Phi) is 2.06. The third-order valence-corrected chi connectivity index (χ3v) is 3.24. The van der Waals surface area contributed by atoms with E-state index in [0.29, 0.717) is 10.7 Å². The molecule has 2 N–H and O–H groups in total. The minimum absolute atomic E-state index is 0.560. The van der Waals surface area contributed by atoms with E-state index in [1.165, 1.54) is 0 Å².